The molecule has 2 aromatic rings. The van der Waals surface area contributed by atoms with Gasteiger partial charge in [-0.3, -0.25) is 0 Å². The quantitative estimate of drug-likeness (QED) is 0.721. The summed E-state index contributed by atoms with van der Waals surface area (Å²) in [7, 11) is 0. The van der Waals surface area contributed by atoms with Crippen LogP contribution in [0.2, 0.25) is 10.0 Å². The van der Waals surface area contributed by atoms with Gasteiger partial charge in [0.15, 0.2) is 0 Å². The number of hydrogen-bond donors (Lipinski definition) is 1. The first-order chi connectivity index (χ1) is 8.58. The van der Waals surface area contributed by atoms with Crippen LogP contribution in [0.25, 0.3) is 0 Å². The molecule has 1 N–H and O–H groups in total. The van der Waals surface area contributed by atoms with Crippen molar-refractivity contribution in [2.24, 2.45) is 0 Å². The maximum atomic E-state index is 12.7. The summed E-state index contributed by atoms with van der Waals surface area (Å²) in [5, 5.41) is 4.10. The van der Waals surface area contributed by atoms with Gasteiger partial charge in [-0.2, -0.15) is 0 Å². The highest BCUT2D eigenvalue weighted by Crippen LogP contribution is 2.35. The molecule has 0 radical (unpaired) electrons. The molecule has 1 nitrogen and oxygen atoms in total. The lowest BCUT2D eigenvalue weighted by Gasteiger charge is -2.10. The fourth-order valence-corrected chi connectivity index (χ4v) is 2.30. The average Bonchev–Trinajstić information content (AvgIpc) is 2.37. The molecule has 0 amide bonds. The summed E-state index contributed by atoms with van der Waals surface area (Å²) < 4.78 is 13.5. The van der Waals surface area contributed by atoms with Crippen molar-refractivity contribution in [2.45, 2.75) is 6.54 Å². The summed E-state index contributed by atoms with van der Waals surface area (Å²) in [5.74, 6) is -0.247. The van der Waals surface area contributed by atoms with E-state index in [1.165, 1.54) is 12.1 Å². The molecule has 0 aliphatic rings. The molecule has 0 spiro atoms. The number of nitrogens with one attached hydrogen (secondary N) is 1. The molecule has 18 heavy (non-hydrogen) atoms. The van der Waals surface area contributed by atoms with Gasteiger partial charge in [-0.15, -0.1) is 0 Å². The average molecular weight is 349 g/mol. The first kappa shape index (κ1) is 13.7. The lowest BCUT2D eigenvalue weighted by molar-refractivity contribution is 0.627. The largest absolute Gasteiger partial charge is 0.380 e. The fraction of sp³-hybridized carbons (Fsp3) is 0.0769. The van der Waals surface area contributed by atoms with E-state index in [4.69, 9.17) is 23.2 Å². The molecule has 0 aliphatic carbocycles. The van der Waals surface area contributed by atoms with Crippen LogP contribution in [0.15, 0.2) is 40.9 Å². The molecule has 0 aromatic heterocycles. The second-order valence-electron chi connectivity index (χ2n) is 3.70. The van der Waals surface area contributed by atoms with E-state index in [9.17, 15) is 4.39 Å². The minimum atomic E-state index is -0.247. The Morgan fingerprint density at radius 3 is 2.33 bits per heavy atom. The SMILES string of the molecule is Fc1ccc(CNc2ccc(Br)c(Cl)c2Cl)cc1. The Labute approximate surface area is 123 Å². The molecule has 0 atom stereocenters. The van der Waals surface area contributed by atoms with Gasteiger partial charge in [0.25, 0.3) is 0 Å². The maximum absolute atomic E-state index is 12.7. The van der Waals surface area contributed by atoms with Crippen molar-refractivity contribution in [3.8, 4) is 0 Å². The molecule has 0 aliphatic heterocycles. The maximum Gasteiger partial charge on any atom is 0.123 e. The van der Waals surface area contributed by atoms with Gasteiger partial charge < -0.3 is 5.32 Å². The van der Waals surface area contributed by atoms with Crippen molar-refractivity contribution in [3.05, 3.63) is 62.3 Å². The number of rotatable bonds is 3. The van der Waals surface area contributed by atoms with E-state index in [-0.39, 0.29) is 5.82 Å². The molecule has 2 aromatic carbocycles. The van der Waals surface area contributed by atoms with Crippen LogP contribution in [0.4, 0.5) is 10.1 Å². The predicted octanol–water partition coefficient (Wildman–Crippen LogP) is 5.51. The smallest absolute Gasteiger partial charge is 0.123 e. The van der Waals surface area contributed by atoms with Crippen LogP contribution in [-0.2, 0) is 6.54 Å². The third kappa shape index (κ3) is 3.16. The Kier molecular flexibility index (Phi) is 4.49. The van der Waals surface area contributed by atoms with Crippen LogP contribution in [0, 0.1) is 5.82 Å². The second-order valence-corrected chi connectivity index (χ2v) is 5.31. The van der Waals surface area contributed by atoms with Crippen LogP contribution in [0.1, 0.15) is 5.56 Å². The normalized spacial score (nSPS) is 10.4. The zero-order valence-corrected chi connectivity index (χ0v) is 12.3. The number of halogens is 4. The van der Waals surface area contributed by atoms with E-state index in [2.05, 4.69) is 21.2 Å². The minimum absolute atomic E-state index is 0.247. The molecular weight excluding hydrogens is 340 g/mol. The monoisotopic (exact) mass is 347 g/mol. The molecule has 0 saturated carbocycles. The standard InChI is InChI=1S/C13H9BrCl2FN/c14-10-5-6-11(13(16)12(10)15)18-7-8-1-3-9(17)4-2-8/h1-6,18H,7H2. The number of benzene rings is 2. The van der Waals surface area contributed by atoms with Gasteiger partial charge in [0.2, 0.25) is 0 Å². The lowest BCUT2D eigenvalue weighted by atomic mass is 10.2. The van der Waals surface area contributed by atoms with E-state index in [0.29, 0.717) is 16.6 Å². The third-order valence-electron chi connectivity index (χ3n) is 2.43. The molecular formula is C13H9BrCl2FN. The molecule has 2 rings (SSSR count). The first-order valence-corrected chi connectivity index (χ1v) is 6.74. The van der Waals surface area contributed by atoms with Crippen LogP contribution < -0.4 is 5.32 Å². The number of hydrogen-bond acceptors (Lipinski definition) is 1. The van der Waals surface area contributed by atoms with Crippen LogP contribution in [0.3, 0.4) is 0 Å². The van der Waals surface area contributed by atoms with Crippen LogP contribution in [-0.4, -0.2) is 0 Å². The summed E-state index contributed by atoms with van der Waals surface area (Å²) in [6.07, 6.45) is 0. The van der Waals surface area contributed by atoms with E-state index in [1.54, 1.807) is 12.1 Å². The van der Waals surface area contributed by atoms with E-state index < -0.39 is 0 Å². The van der Waals surface area contributed by atoms with Crippen molar-refractivity contribution in [2.75, 3.05) is 5.32 Å². The van der Waals surface area contributed by atoms with Gasteiger partial charge in [-0.1, -0.05) is 35.3 Å². The zero-order chi connectivity index (χ0) is 13.1. The molecule has 94 valence electrons. The van der Waals surface area contributed by atoms with Gasteiger partial charge in [-0.25, -0.2) is 4.39 Å². The zero-order valence-electron chi connectivity index (χ0n) is 9.18. The Morgan fingerprint density at radius 2 is 1.67 bits per heavy atom. The first-order valence-electron chi connectivity index (χ1n) is 5.20. The summed E-state index contributed by atoms with van der Waals surface area (Å²) in [4.78, 5) is 0. The Bertz CT molecular complexity index is 558. The van der Waals surface area contributed by atoms with Crippen molar-refractivity contribution in [3.63, 3.8) is 0 Å². The van der Waals surface area contributed by atoms with Crippen LogP contribution >= 0.6 is 39.1 Å². The molecule has 0 heterocycles. The Hall–Kier alpha value is -0.770. The summed E-state index contributed by atoms with van der Waals surface area (Å²) in [6, 6.07) is 9.94. The lowest BCUT2D eigenvalue weighted by Crippen LogP contribution is -2.00. The fourth-order valence-electron chi connectivity index (χ4n) is 1.46. The molecule has 0 bridgehead atoms. The molecule has 0 fully saturated rings. The summed E-state index contributed by atoms with van der Waals surface area (Å²) in [5.41, 5.74) is 1.71. The Balaban J connectivity index is 2.11. The Morgan fingerprint density at radius 1 is 1.00 bits per heavy atom. The second kappa shape index (κ2) is 5.91. The predicted molar refractivity (Wildman–Crippen MR) is 77.9 cm³/mol. The highest BCUT2D eigenvalue weighted by Gasteiger charge is 2.07. The van der Waals surface area contributed by atoms with Gasteiger partial charge in [0, 0.05) is 11.0 Å². The number of anilines is 1. The molecule has 5 heteroatoms. The van der Waals surface area contributed by atoms with Gasteiger partial charge >= 0.3 is 0 Å². The molecule has 0 saturated heterocycles. The topological polar surface area (TPSA) is 12.0 Å². The van der Waals surface area contributed by atoms with Crippen molar-refractivity contribution >= 4 is 44.8 Å². The van der Waals surface area contributed by atoms with Crippen LogP contribution in [0.5, 0.6) is 0 Å². The van der Waals surface area contributed by atoms with Gasteiger partial charge in [0.05, 0.1) is 15.7 Å². The minimum Gasteiger partial charge on any atom is -0.380 e. The highest BCUT2D eigenvalue weighted by molar-refractivity contribution is 9.10. The molecule has 0 unspecified atom stereocenters. The van der Waals surface area contributed by atoms with E-state index in [0.717, 1.165) is 15.7 Å². The van der Waals surface area contributed by atoms with Crippen molar-refractivity contribution in [1.29, 1.82) is 0 Å². The summed E-state index contributed by atoms with van der Waals surface area (Å²) >= 11 is 15.4. The van der Waals surface area contributed by atoms with E-state index in [1.807, 2.05) is 12.1 Å². The van der Waals surface area contributed by atoms with E-state index >= 15 is 0 Å². The van der Waals surface area contributed by atoms with Crippen molar-refractivity contribution < 1.29 is 4.39 Å². The van der Waals surface area contributed by atoms with Crippen molar-refractivity contribution in [1.82, 2.24) is 0 Å². The van der Waals surface area contributed by atoms with Gasteiger partial charge in [0.1, 0.15) is 5.82 Å². The van der Waals surface area contributed by atoms with Gasteiger partial charge in [-0.05, 0) is 45.8 Å². The highest BCUT2D eigenvalue weighted by atomic mass is 79.9. The summed E-state index contributed by atoms with van der Waals surface area (Å²) in [6.45, 7) is 0.554. The third-order valence-corrected chi connectivity index (χ3v) is 4.20.